The van der Waals surface area contributed by atoms with Crippen molar-refractivity contribution in [2.24, 2.45) is 5.92 Å². The fourth-order valence-corrected chi connectivity index (χ4v) is 5.03. The van der Waals surface area contributed by atoms with Crippen molar-refractivity contribution in [1.82, 2.24) is 4.98 Å². The third-order valence-corrected chi connectivity index (χ3v) is 6.38. The van der Waals surface area contributed by atoms with Crippen LogP contribution >= 0.6 is 11.3 Å². The lowest BCUT2D eigenvalue weighted by molar-refractivity contribution is 0.112. The van der Waals surface area contributed by atoms with Crippen LogP contribution in [-0.2, 0) is 0 Å². The summed E-state index contributed by atoms with van der Waals surface area (Å²) in [5, 5.41) is 1.10. The topological polar surface area (TPSA) is 33.2 Å². The molecule has 21 heavy (non-hydrogen) atoms. The first-order valence-electron chi connectivity index (χ1n) is 8.47. The van der Waals surface area contributed by atoms with Crippen molar-refractivity contribution >= 4 is 22.8 Å². The van der Waals surface area contributed by atoms with Gasteiger partial charge in [0.2, 0.25) is 0 Å². The zero-order valence-corrected chi connectivity index (χ0v) is 14.0. The summed E-state index contributed by atoms with van der Waals surface area (Å²) in [7, 11) is 0. The fraction of sp³-hybridized carbons (Fsp3) is 0.765. The van der Waals surface area contributed by atoms with Crippen LogP contribution in [0.1, 0.15) is 80.1 Å². The Balaban J connectivity index is 1.85. The molecule has 4 heteroatoms. The molecule has 1 aromatic rings. The van der Waals surface area contributed by atoms with Crippen LogP contribution in [-0.4, -0.2) is 23.9 Å². The van der Waals surface area contributed by atoms with Crippen molar-refractivity contribution in [2.75, 3.05) is 11.4 Å². The van der Waals surface area contributed by atoms with Crippen LogP contribution in [0.4, 0.5) is 5.13 Å². The lowest BCUT2D eigenvalue weighted by atomic mass is 9.96. The second kappa shape index (κ2) is 6.47. The van der Waals surface area contributed by atoms with Gasteiger partial charge in [-0.05, 0) is 43.9 Å². The summed E-state index contributed by atoms with van der Waals surface area (Å²) in [5.41, 5.74) is 1.02. The Bertz CT molecular complexity index is 493. The quantitative estimate of drug-likeness (QED) is 0.744. The number of anilines is 1. The Kier molecular flexibility index (Phi) is 4.63. The number of hydrogen-bond donors (Lipinski definition) is 0. The monoisotopic (exact) mass is 306 g/mol. The highest BCUT2D eigenvalue weighted by Gasteiger charge is 2.35. The number of rotatable bonds is 5. The molecule has 0 radical (unpaired) electrons. The van der Waals surface area contributed by atoms with Crippen LogP contribution in [0.3, 0.4) is 0 Å². The van der Waals surface area contributed by atoms with Gasteiger partial charge in [0.1, 0.15) is 0 Å². The average Bonchev–Trinajstić information content (AvgIpc) is 3.22. The largest absolute Gasteiger partial charge is 0.345 e. The molecule has 2 unspecified atom stereocenters. The minimum absolute atomic E-state index is 0.378. The van der Waals surface area contributed by atoms with E-state index in [-0.39, 0.29) is 0 Å². The van der Waals surface area contributed by atoms with Gasteiger partial charge in [-0.2, -0.15) is 0 Å². The Morgan fingerprint density at radius 2 is 2.10 bits per heavy atom. The molecule has 0 spiro atoms. The number of aldehydes is 1. The first-order valence-corrected chi connectivity index (χ1v) is 9.28. The molecule has 3 rings (SSSR count). The van der Waals surface area contributed by atoms with Gasteiger partial charge in [0.25, 0.3) is 0 Å². The second-order valence-electron chi connectivity index (χ2n) is 6.62. The smallest absolute Gasteiger partial charge is 0.186 e. The zero-order valence-electron chi connectivity index (χ0n) is 13.2. The lowest BCUT2D eigenvalue weighted by Crippen LogP contribution is -2.34. The van der Waals surface area contributed by atoms with E-state index < -0.39 is 0 Å². The molecule has 0 N–H and O–H groups in total. The molecule has 1 aromatic heterocycles. The van der Waals surface area contributed by atoms with E-state index in [4.69, 9.17) is 4.98 Å². The molecule has 0 amide bonds. The molecule has 0 aromatic carbocycles. The predicted molar refractivity (Wildman–Crippen MR) is 88.5 cm³/mol. The van der Waals surface area contributed by atoms with Gasteiger partial charge in [-0.1, -0.05) is 38.0 Å². The minimum Gasteiger partial charge on any atom is -0.345 e. The number of aromatic nitrogens is 1. The Morgan fingerprint density at radius 1 is 1.33 bits per heavy atom. The second-order valence-corrected chi connectivity index (χ2v) is 7.63. The molecule has 1 aliphatic carbocycles. The number of carbonyl (C=O) groups excluding carboxylic acids is 1. The maximum atomic E-state index is 11.4. The van der Waals surface area contributed by atoms with Crippen LogP contribution in [0.25, 0.3) is 0 Å². The average molecular weight is 306 g/mol. The van der Waals surface area contributed by atoms with E-state index in [0.29, 0.717) is 12.0 Å². The summed E-state index contributed by atoms with van der Waals surface area (Å²) >= 11 is 1.61. The van der Waals surface area contributed by atoms with Gasteiger partial charge in [0.05, 0.1) is 10.6 Å². The molecule has 1 saturated heterocycles. The third-order valence-electron chi connectivity index (χ3n) is 5.34. The van der Waals surface area contributed by atoms with E-state index in [1.165, 1.54) is 38.5 Å². The third kappa shape index (κ3) is 2.87. The van der Waals surface area contributed by atoms with Gasteiger partial charge < -0.3 is 4.90 Å². The normalized spacial score (nSPS) is 24.7. The van der Waals surface area contributed by atoms with E-state index in [2.05, 4.69) is 18.7 Å². The van der Waals surface area contributed by atoms with E-state index in [0.717, 1.165) is 40.9 Å². The molecule has 0 bridgehead atoms. The number of hydrogen-bond acceptors (Lipinski definition) is 4. The van der Waals surface area contributed by atoms with Crippen LogP contribution < -0.4 is 4.90 Å². The van der Waals surface area contributed by atoms with Crippen molar-refractivity contribution in [3.63, 3.8) is 0 Å². The van der Waals surface area contributed by atoms with E-state index in [1.807, 2.05) is 0 Å². The first-order chi connectivity index (χ1) is 10.2. The molecule has 2 fully saturated rings. The summed E-state index contributed by atoms with van der Waals surface area (Å²) in [5.74, 6) is 1.23. The summed E-state index contributed by atoms with van der Waals surface area (Å²) in [6, 6.07) is 0.669. The molecule has 2 heterocycles. The summed E-state index contributed by atoms with van der Waals surface area (Å²) in [6.45, 7) is 5.45. The van der Waals surface area contributed by atoms with Crippen molar-refractivity contribution in [3.05, 3.63) is 10.6 Å². The SMILES string of the molecule is CCC(C)c1nc(N2CCCC2C2CCCC2)sc1C=O. The molecular formula is C17H26N2OS. The Labute approximate surface area is 131 Å². The van der Waals surface area contributed by atoms with E-state index >= 15 is 0 Å². The highest BCUT2D eigenvalue weighted by atomic mass is 32.1. The van der Waals surface area contributed by atoms with Gasteiger partial charge in [-0.25, -0.2) is 4.98 Å². The van der Waals surface area contributed by atoms with Crippen molar-refractivity contribution in [2.45, 2.75) is 70.8 Å². The molecule has 3 nitrogen and oxygen atoms in total. The number of nitrogens with zero attached hydrogens (tertiary/aromatic N) is 2. The Morgan fingerprint density at radius 3 is 2.76 bits per heavy atom. The van der Waals surface area contributed by atoms with Gasteiger partial charge in [0.15, 0.2) is 11.4 Å². The maximum absolute atomic E-state index is 11.4. The van der Waals surface area contributed by atoms with Crippen LogP contribution in [0.15, 0.2) is 0 Å². The zero-order chi connectivity index (χ0) is 14.8. The van der Waals surface area contributed by atoms with E-state index in [9.17, 15) is 4.79 Å². The predicted octanol–water partition coefficient (Wildman–Crippen LogP) is 4.63. The van der Waals surface area contributed by atoms with Crippen molar-refractivity contribution in [1.29, 1.82) is 0 Å². The summed E-state index contributed by atoms with van der Waals surface area (Å²) in [4.78, 5) is 19.6. The molecule has 1 aliphatic heterocycles. The van der Waals surface area contributed by atoms with Crippen molar-refractivity contribution in [3.8, 4) is 0 Å². The molecule has 1 saturated carbocycles. The molecule has 116 valence electrons. The highest BCUT2D eigenvalue weighted by Crippen LogP contribution is 2.40. The van der Waals surface area contributed by atoms with Gasteiger partial charge in [0, 0.05) is 12.6 Å². The fourth-order valence-electron chi connectivity index (χ4n) is 3.95. The van der Waals surface area contributed by atoms with E-state index in [1.54, 1.807) is 11.3 Å². The van der Waals surface area contributed by atoms with Gasteiger partial charge in [-0.15, -0.1) is 0 Å². The summed E-state index contributed by atoms with van der Waals surface area (Å²) in [6.07, 6.45) is 10.2. The Hall–Kier alpha value is -0.900. The lowest BCUT2D eigenvalue weighted by Gasteiger charge is -2.29. The van der Waals surface area contributed by atoms with Crippen LogP contribution in [0, 0.1) is 5.92 Å². The van der Waals surface area contributed by atoms with Crippen LogP contribution in [0.2, 0.25) is 0 Å². The van der Waals surface area contributed by atoms with Crippen molar-refractivity contribution < 1.29 is 4.79 Å². The summed E-state index contributed by atoms with van der Waals surface area (Å²) < 4.78 is 0. The standard InChI is InChI=1S/C17H26N2OS/c1-3-12(2)16-15(11-20)21-17(18-16)19-10-6-9-14(19)13-7-4-5-8-13/h11-14H,3-10H2,1-2H3. The first kappa shape index (κ1) is 15.0. The maximum Gasteiger partial charge on any atom is 0.186 e. The number of thiazole rings is 1. The highest BCUT2D eigenvalue weighted by molar-refractivity contribution is 7.17. The minimum atomic E-state index is 0.378. The molecule has 2 atom stereocenters. The number of carbonyl (C=O) groups is 1. The molecular weight excluding hydrogens is 280 g/mol. The van der Waals surface area contributed by atoms with Crippen LogP contribution in [0.5, 0.6) is 0 Å². The van der Waals surface area contributed by atoms with Gasteiger partial charge in [-0.3, -0.25) is 4.79 Å². The molecule has 2 aliphatic rings. The van der Waals surface area contributed by atoms with Gasteiger partial charge >= 0.3 is 0 Å².